The van der Waals surface area contributed by atoms with E-state index in [2.05, 4.69) is 4.74 Å². The van der Waals surface area contributed by atoms with Gasteiger partial charge in [-0.15, -0.1) is 0 Å². The topological polar surface area (TPSA) is 52.6 Å². The zero-order valence-electron chi connectivity index (χ0n) is 8.33. The Bertz CT molecular complexity index is 172. The minimum atomic E-state index is -0.528. The van der Waals surface area contributed by atoms with Gasteiger partial charge in [0.25, 0.3) is 0 Å². The highest BCUT2D eigenvalue weighted by Gasteiger charge is 2.16. The van der Waals surface area contributed by atoms with Gasteiger partial charge < -0.3 is 9.47 Å². The van der Waals surface area contributed by atoms with Gasteiger partial charge in [-0.1, -0.05) is 13.8 Å². The Kier molecular flexibility index (Phi) is 5.93. The number of hydrogen-bond donors (Lipinski definition) is 0. The van der Waals surface area contributed by atoms with Crippen molar-refractivity contribution < 1.29 is 19.1 Å². The van der Waals surface area contributed by atoms with Gasteiger partial charge in [0.05, 0.1) is 13.0 Å². The third-order valence-corrected chi connectivity index (χ3v) is 1.88. The number of rotatable bonds is 5. The average molecular weight is 188 g/mol. The lowest BCUT2D eigenvalue weighted by Gasteiger charge is -2.10. The monoisotopic (exact) mass is 188 g/mol. The molecule has 0 aromatic carbocycles. The molecule has 0 unspecified atom stereocenters. The van der Waals surface area contributed by atoms with E-state index in [-0.39, 0.29) is 18.5 Å². The van der Waals surface area contributed by atoms with Crippen molar-refractivity contribution in [3.05, 3.63) is 0 Å². The fourth-order valence-electron chi connectivity index (χ4n) is 0.929. The first-order valence-corrected chi connectivity index (χ1v) is 4.39. The predicted molar refractivity (Wildman–Crippen MR) is 47.0 cm³/mol. The molecule has 0 aliphatic rings. The summed E-state index contributed by atoms with van der Waals surface area (Å²) in [6.45, 7) is 3.53. The summed E-state index contributed by atoms with van der Waals surface area (Å²) in [5.41, 5.74) is 0. The second-order valence-corrected chi connectivity index (χ2v) is 2.70. The van der Waals surface area contributed by atoms with Gasteiger partial charge in [-0.2, -0.15) is 0 Å². The normalized spacial score (nSPS) is 9.85. The molecule has 0 saturated heterocycles. The van der Waals surface area contributed by atoms with Crippen LogP contribution >= 0.6 is 0 Å². The van der Waals surface area contributed by atoms with Gasteiger partial charge in [-0.25, -0.2) is 4.79 Å². The van der Waals surface area contributed by atoms with Gasteiger partial charge in [0.15, 0.2) is 6.61 Å². The van der Waals surface area contributed by atoms with Crippen molar-refractivity contribution in [2.45, 2.75) is 26.7 Å². The van der Waals surface area contributed by atoms with Crippen LogP contribution in [-0.4, -0.2) is 25.7 Å². The summed E-state index contributed by atoms with van der Waals surface area (Å²) >= 11 is 0. The van der Waals surface area contributed by atoms with Crippen LogP contribution in [0.3, 0.4) is 0 Å². The Balaban J connectivity index is 3.79. The van der Waals surface area contributed by atoms with Crippen molar-refractivity contribution in [1.82, 2.24) is 0 Å². The molecule has 76 valence electrons. The van der Waals surface area contributed by atoms with E-state index in [1.807, 2.05) is 13.8 Å². The molecular weight excluding hydrogens is 172 g/mol. The molecule has 0 amide bonds. The van der Waals surface area contributed by atoms with E-state index in [9.17, 15) is 9.59 Å². The molecule has 0 saturated carbocycles. The van der Waals surface area contributed by atoms with E-state index < -0.39 is 5.97 Å². The summed E-state index contributed by atoms with van der Waals surface area (Å²) < 4.78 is 9.06. The number of carbonyl (C=O) groups excluding carboxylic acids is 2. The molecule has 0 aliphatic heterocycles. The molecule has 0 bridgehead atoms. The van der Waals surface area contributed by atoms with Crippen molar-refractivity contribution in [1.29, 1.82) is 0 Å². The average Bonchev–Trinajstić information content (AvgIpc) is 2.16. The van der Waals surface area contributed by atoms with Gasteiger partial charge >= 0.3 is 11.9 Å². The molecule has 0 aromatic rings. The second kappa shape index (κ2) is 6.46. The third-order valence-electron chi connectivity index (χ3n) is 1.88. The lowest BCUT2D eigenvalue weighted by Crippen LogP contribution is -2.21. The first-order valence-electron chi connectivity index (χ1n) is 4.39. The molecule has 0 atom stereocenters. The van der Waals surface area contributed by atoms with Crippen LogP contribution in [-0.2, 0) is 19.1 Å². The molecule has 4 nitrogen and oxygen atoms in total. The van der Waals surface area contributed by atoms with Crippen molar-refractivity contribution in [2.24, 2.45) is 5.92 Å². The van der Waals surface area contributed by atoms with Crippen LogP contribution in [0.2, 0.25) is 0 Å². The minimum Gasteiger partial charge on any atom is -0.466 e. The van der Waals surface area contributed by atoms with Crippen LogP contribution in [0.5, 0.6) is 0 Å². The molecule has 0 fully saturated rings. The molecule has 0 rings (SSSR count). The van der Waals surface area contributed by atoms with Gasteiger partial charge in [0, 0.05) is 0 Å². The second-order valence-electron chi connectivity index (χ2n) is 2.70. The summed E-state index contributed by atoms with van der Waals surface area (Å²) in [6.07, 6.45) is 1.47. The Morgan fingerprint density at radius 1 is 1.23 bits per heavy atom. The highest BCUT2D eigenvalue weighted by molar-refractivity contribution is 5.77. The van der Waals surface area contributed by atoms with Crippen LogP contribution in [0.15, 0.2) is 0 Å². The van der Waals surface area contributed by atoms with E-state index in [1.54, 1.807) is 0 Å². The summed E-state index contributed by atoms with van der Waals surface area (Å²) in [7, 11) is 1.26. The number of ether oxygens (including phenoxy) is 2. The standard InChI is InChI=1S/C9H16O4/c1-4-7(5-2)9(11)13-6-8(10)12-3/h7H,4-6H2,1-3H3. The molecule has 0 aliphatic carbocycles. The van der Waals surface area contributed by atoms with Crippen LogP contribution < -0.4 is 0 Å². The number of methoxy groups -OCH3 is 1. The Labute approximate surface area is 78.2 Å². The Hall–Kier alpha value is -1.06. The highest BCUT2D eigenvalue weighted by atomic mass is 16.6. The van der Waals surface area contributed by atoms with Crippen molar-refractivity contribution in [3.8, 4) is 0 Å². The smallest absolute Gasteiger partial charge is 0.344 e. The first kappa shape index (κ1) is 11.9. The van der Waals surface area contributed by atoms with E-state index >= 15 is 0 Å². The fourth-order valence-corrected chi connectivity index (χ4v) is 0.929. The van der Waals surface area contributed by atoms with Crippen molar-refractivity contribution >= 4 is 11.9 Å². The van der Waals surface area contributed by atoms with E-state index in [0.717, 1.165) is 12.8 Å². The maximum Gasteiger partial charge on any atom is 0.344 e. The molecule has 13 heavy (non-hydrogen) atoms. The molecule has 4 heteroatoms. The maximum atomic E-state index is 11.2. The zero-order valence-corrected chi connectivity index (χ0v) is 8.33. The lowest BCUT2D eigenvalue weighted by molar-refractivity contribution is -0.159. The lowest BCUT2D eigenvalue weighted by atomic mass is 10.0. The summed E-state index contributed by atoms with van der Waals surface area (Å²) in [4.78, 5) is 21.8. The Morgan fingerprint density at radius 3 is 2.15 bits per heavy atom. The number of esters is 2. The Morgan fingerprint density at radius 2 is 1.77 bits per heavy atom. The molecule has 0 spiro atoms. The third kappa shape index (κ3) is 4.50. The van der Waals surface area contributed by atoms with E-state index in [0.29, 0.717) is 0 Å². The summed E-state index contributed by atoms with van der Waals surface area (Å²) in [6, 6.07) is 0. The molecular formula is C9H16O4. The maximum absolute atomic E-state index is 11.2. The SMILES string of the molecule is CCC(CC)C(=O)OCC(=O)OC. The van der Waals surface area contributed by atoms with Gasteiger partial charge in [0.1, 0.15) is 0 Å². The van der Waals surface area contributed by atoms with Gasteiger partial charge in [-0.05, 0) is 12.8 Å². The van der Waals surface area contributed by atoms with Gasteiger partial charge in [0.2, 0.25) is 0 Å². The van der Waals surface area contributed by atoms with Crippen molar-refractivity contribution in [2.75, 3.05) is 13.7 Å². The van der Waals surface area contributed by atoms with E-state index in [1.165, 1.54) is 7.11 Å². The molecule has 0 heterocycles. The fraction of sp³-hybridized carbons (Fsp3) is 0.778. The number of hydrogen-bond acceptors (Lipinski definition) is 4. The summed E-state index contributed by atoms with van der Waals surface area (Å²) in [5, 5.41) is 0. The first-order chi connectivity index (χ1) is 6.15. The van der Waals surface area contributed by atoms with Crippen LogP contribution in [0.4, 0.5) is 0 Å². The summed E-state index contributed by atoms with van der Waals surface area (Å²) in [5.74, 6) is -0.959. The molecule has 0 radical (unpaired) electrons. The quantitative estimate of drug-likeness (QED) is 0.607. The van der Waals surface area contributed by atoms with Gasteiger partial charge in [-0.3, -0.25) is 4.79 Å². The van der Waals surface area contributed by atoms with Crippen LogP contribution in [0, 0.1) is 5.92 Å². The molecule has 0 aromatic heterocycles. The van der Waals surface area contributed by atoms with Crippen molar-refractivity contribution in [3.63, 3.8) is 0 Å². The van der Waals surface area contributed by atoms with Crippen LogP contribution in [0.1, 0.15) is 26.7 Å². The minimum absolute atomic E-state index is 0.107. The number of carbonyl (C=O) groups is 2. The zero-order chi connectivity index (χ0) is 10.3. The van der Waals surface area contributed by atoms with Crippen LogP contribution in [0.25, 0.3) is 0 Å². The molecule has 0 N–H and O–H groups in total. The van der Waals surface area contributed by atoms with E-state index in [4.69, 9.17) is 4.74 Å². The largest absolute Gasteiger partial charge is 0.466 e. The highest BCUT2D eigenvalue weighted by Crippen LogP contribution is 2.09. The predicted octanol–water partition coefficient (Wildman–Crippen LogP) is 1.14.